The molecule has 1 saturated heterocycles. The number of anilines is 2. The van der Waals surface area contributed by atoms with Crippen molar-refractivity contribution in [2.45, 2.75) is 36.8 Å². The first-order chi connectivity index (χ1) is 17.2. The highest BCUT2D eigenvalue weighted by atomic mass is 32.2. The van der Waals surface area contributed by atoms with E-state index in [9.17, 15) is 21.6 Å². The zero-order chi connectivity index (χ0) is 25.3. The smallest absolute Gasteiger partial charge is 0.369 e. The monoisotopic (exact) mass is 517 g/mol. The number of hydrogen-bond donors (Lipinski definition) is 0. The summed E-state index contributed by atoms with van der Waals surface area (Å²) >= 11 is 0. The topological polar surface area (TPSA) is 43.9 Å². The summed E-state index contributed by atoms with van der Waals surface area (Å²) in [5.41, 5.74) is 0.797. The normalized spacial score (nSPS) is 17.8. The van der Waals surface area contributed by atoms with E-state index >= 15 is 0 Å². The van der Waals surface area contributed by atoms with Crippen molar-refractivity contribution in [2.75, 3.05) is 48.5 Å². The van der Waals surface area contributed by atoms with Gasteiger partial charge < -0.3 is 4.90 Å². The Labute approximate surface area is 210 Å². The zero-order valence-corrected chi connectivity index (χ0v) is 20.9. The van der Waals surface area contributed by atoms with E-state index in [0.717, 1.165) is 67.8 Å². The van der Waals surface area contributed by atoms with Gasteiger partial charge in [-0.2, -0.15) is 13.2 Å². The highest BCUT2D eigenvalue weighted by Gasteiger charge is 2.35. The van der Waals surface area contributed by atoms with E-state index in [1.54, 1.807) is 22.5 Å². The van der Waals surface area contributed by atoms with Crippen LogP contribution in [0.2, 0.25) is 0 Å². The molecule has 0 radical (unpaired) electrons. The van der Waals surface area contributed by atoms with Crippen LogP contribution >= 0.6 is 0 Å². The Balaban J connectivity index is 1.05. The standard InChI is InChI=1S/C27H30F3N3O2S/c28-27(29,30)22-10-7-11-23(20-22)32-18-16-31(17-19-32)14-3-1-2-4-15-33-24-12-5-8-21-9-6-13-25(26(21)24)36(33,34)35/h5-13,20H,1-4,14-19H2. The quantitative estimate of drug-likeness (QED) is 0.357. The molecule has 3 aromatic carbocycles. The van der Waals surface area contributed by atoms with Crippen molar-refractivity contribution in [1.29, 1.82) is 0 Å². The summed E-state index contributed by atoms with van der Waals surface area (Å²) in [6.45, 7) is 4.49. The first-order valence-corrected chi connectivity index (χ1v) is 13.9. The van der Waals surface area contributed by atoms with Crippen LogP contribution < -0.4 is 9.21 Å². The Morgan fingerprint density at radius 1 is 0.778 bits per heavy atom. The fraction of sp³-hybridized carbons (Fsp3) is 0.407. The predicted octanol–water partition coefficient (Wildman–Crippen LogP) is 5.75. The summed E-state index contributed by atoms with van der Waals surface area (Å²) < 4.78 is 66.7. The Bertz CT molecular complexity index is 1330. The molecule has 192 valence electrons. The van der Waals surface area contributed by atoms with Crippen LogP contribution in [0.15, 0.2) is 65.6 Å². The number of piperazine rings is 1. The van der Waals surface area contributed by atoms with Gasteiger partial charge in [-0.15, -0.1) is 0 Å². The molecule has 0 aliphatic carbocycles. The summed E-state index contributed by atoms with van der Waals surface area (Å²) in [4.78, 5) is 4.77. The Kier molecular flexibility index (Phi) is 6.87. The molecule has 1 fully saturated rings. The first kappa shape index (κ1) is 24.9. The summed E-state index contributed by atoms with van der Waals surface area (Å²) in [5, 5.41) is 1.77. The number of alkyl halides is 3. The van der Waals surface area contributed by atoms with E-state index < -0.39 is 21.8 Å². The predicted molar refractivity (Wildman–Crippen MR) is 137 cm³/mol. The maximum atomic E-state index is 13.0. The van der Waals surface area contributed by atoms with E-state index in [1.807, 2.05) is 29.2 Å². The highest BCUT2D eigenvalue weighted by Crippen LogP contribution is 2.42. The lowest BCUT2D eigenvalue weighted by molar-refractivity contribution is -0.137. The second-order valence-corrected chi connectivity index (χ2v) is 11.3. The van der Waals surface area contributed by atoms with Gasteiger partial charge in [-0.25, -0.2) is 8.42 Å². The van der Waals surface area contributed by atoms with Gasteiger partial charge in [0.25, 0.3) is 10.0 Å². The Morgan fingerprint density at radius 2 is 1.44 bits per heavy atom. The van der Waals surface area contributed by atoms with Crippen molar-refractivity contribution < 1.29 is 21.6 Å². The maximum absolute atomic E-state index is 13.0. The Morgan fingerprint density at radius 3 is 2.17 bits per heavy atom. The third-order valence-corrected chi connectivity index (χ3v) is 9.03. The SMILES string of the molecule is O=S1(=O)c2cccc3cccc(c23)N1CCCCCCN1CCN(c2cccc(C(F)(F)F)c2)CC1. The van der Waals surface area contributed by atoms with Crippen LogP contribution in [0.25, 0.3) is 10.8 Å². The van der Waals surface area contributed by atoms with Gasteiger partial charge in [0.1, 0.15) is 0 Å². The number of benzene rings is 3. The molecule has 2 aliphatic rings. The third-order valence-electron chi connectivity index (χ3n) is 7.18. The van der Waals surface area contributed by atoms with Crippen LogP contribution in [0, 0.1) is 0 Å². The van der Waals surface area contributed by atoms with Crippen LogP contribution in [-0.4, -0.2) is 52.6 Å². The van der Waals surface area contributed by atoms with E-state index in [-0.39, 0.29) is 0 Å². The molecule has 36 heavy (non-hydrogen) atoms. The van der Waals surface area contributed by atoms with Crippen molar-refractivity contribution in [2.24, 2.45) is 0 Å². The molecular formula is C27H30F3N3O2S. The van der Waals surface area contributed by atoms with Crippen LogP contribution in [0.4, 0.5) is 24.5 Å². The molecule has 2 aliphatic heterocycles. The van der Waals surface area contributed by atoms with Gasteiger partial charge in [0.2, 0.25) is 0 Å². The molecule has 0 aromatic heterocycles. The van der Waals surface area contributed by atoms with Crippen molar-refractivity contribution in [3.05, 3.63) is 66.2 Å². The molecule has 0 N–H and O–H groups in total. The lowest BCUT2D eigenvalue weighted by Crippen LogP contribution is -2.46. The maximum Gasteiger partial charge on any atom is 0.416 e. The lowest BCUT2D eigenvalue weighted by Gasteiger charge is -2.36. The summed E-state index contributed by atoms with van der Waals surface area (Å²) in [6, 6.07) is 16.7. The van der Waals surface area contributed by atoms with Gasteiger partial charge in [0.05, 0.1) is 16.1 Å². The minimum Gasteiger partial charge on any atom is -0.369 e. The number of nitrogens with zero attached hydrogens (tertiary/aromatic N) is 3. The molecule has 0 atom stereocenters. The second kappa shape index (κ2) is 9.94. The number of hydrogen-bond acceptors (Lipinski definition) is 4. The highest BCUT2D eigenvalue weighted by molar-refractivity contribution is 7.93. The van der Waals surface area contributed by atoms with Crippen molar-refractivity contribution in [1.82, 2.24) is 4.90 Å². The molecule has 5 rings (SSSR count). The van der Waals surface area contributed by atoms with Gasteiger partial charge in [0.15, 0.2) is 0 Å². The van der Waals surface area contributed by atoms with E-state index in [0.29, 0.717) is 30.2 Å². The van der Waals surface area contributed by atoms with Crippen molar-refractivity contribution in [3.63, 3.8) is 0 Å². The van der Waals surface area contributed by atoms with E-state index in [4.69, 9.17) is 0 Å². The largest absolute Gasteiger partial charge is 0.416 e. The molecule has 5 nitrogen and oxygen atoms in total. The Hall–Kier alpha value is -2.78. The van der Waals surface area contributed by atoms with Crippen LogP contribution in [0.5, 0.6) is 0 Å². The van der Waals surface area contributed by atoms with Gasteiger partial charge in [0, 0.05) is 43.8 Å². The van der Waals surface area contributed by atoms with Gasteiger partial charge in [-0.1, -0.05) is 43.2 Å². The molecular weight excluding hydrogens is 487 g/mol. The number of halogens is 3. The molecule has 9 heteroatoms. The number of unbranched alkanes of at least 4 members (excludes halogenated alkanes) is 3. The van der Waals surface area contributed by atoms with E-state index in [1.165, 1.54) is 12.1 Å². The fourth-order valence-corrected chi connectivity index (χ4v) is 7.00. The molecule has 0 unspecified atom stereocenters. The average Bonchev–Trinajstić information content (AvgIpc) is 3.09. The summed E-state index contributed by atoms with van der Waals surface area (Å²) in [6.07, 6.45) is -0.547. The van der Waals surface area contributed by atoms with Gasteiger partial charge >= 0.3 is 6.18 Å². The van der Waals surface area contributed by atoms with Gasteiger partial charge in [-0.3, -0.25) is 9.21 Å². The first-order valence-electron chi connectivity index (χ1n) is 12.4. The summed E-state index contributed by atoms with van der Waals surface area (Å²) in [7, 11) is -3.49. The number of rotatable bonds is 8. The second-order valence-electron chi connectivity index (χ2n) is 9.50. The molecule has 0 saturated carbocycles. The van der Waals surface area contributed by atoms with Crippen molar-refractivity contribution >= 4 is 32.2 Å². The molecule has 2 heterocycles. The van der Waals surface area contributed by atoms with Crippen molar-refractivity contribution in [3.8, 4) is 0 Å². The molecule has 0 amide bonds. The minimum absolute atomic E-state index is 0.403. The van der Waals surface area contributed by atoms with Gasteiger partial charge in [-0.05, 0) is 55.1 Å². The minimum atomic E-state index is -4.33. The summed E-state index contributed by atoms with van der Waals surface area (Å²) in [5.74, 6) is 0. The molecule has 3 aromatic rings. The van der Waals surface area contributed by atoms with Crippen LogP contribution in [0.1, 0.15) is 31.2 Å². The lowest BCUT2D eigenvalue weighted by atomic mass is 10.1. The van der Waals surface area contributed by atoms with Crippen LogP contribution in [0.3, 0.4) is 0 Å². The van der Waals surface area contributed by atoms with Crippen LogP contribution in [-0.2, 0) is 16.2 Å². The molecule has 0 spiro atoms. The average molecular weight is 518 g/mol. The fourth-order valence-electron chi connectivity index (χ4n) is 5.25. The zero-order valence-electron chi connectivity index (χ0n) is 20.0. The third kappa shape index (κ3) is 4.91. The van der Waals surface area contributed by atoms with E-state index in [2.05, 4.69) is 4.90 Å². The number of sulfonamides is 1. The molecule has 0 bridgehead atoms.